The zero-order valence-corrected chi connectivity index (χ0v) is 37.8. The largest absolute Gasteiger partial charge is 0.456 e. The van der Waals surface area contributed by atoms with Gasteiger partial charge in [0.05, 0.1) is 11.1 Å². The van der Waals surface area contributed by atoms with Crippen LogP contribution in [0.4, 0.5) is 34.1 Å². The summed E-state index contributed by atoms with van der Waals surface area (Å²) in [6, 6.07) is 40.2. The molecule has 0 unspecified atom stereocenters. The van der Waals surface area contributed by atoms with Gasteiger partial charge in [0.15, 0.2) is 0 Å². The van der Waals surface area contributed by atoms with Gasteiger partial charge in [0.25, 0.3) is 6.71 Å². The van der Waals surface area contributed by atoms with Crippen molar-refractivity contribution in [2.24, 2.45) is 0 Å². The Bertz CT molecular complexity index is 2990. The fraction of sp³-hybridized carbons (Fsp3) is 0.357. The standard InChI is InChI=1S/C56H59BN2O/c1-33-27-46-50-47(28-33)59(44-24-23-37(52(2,3)4)51-49(44)35-17-13-16-20-48(35)60-51)45-31-40-39(55(9,10)32-56(40,11)12)30-42(45)57(50)41-18-14-15-19-43(41)58(46)34-21-22-36-38(29-34)54(7,8)26-25-53(36,5)6/h13-24,27-31H,25-26,32H2,1-12H3. The molecule has 0 N–H and O–H groups in total. The van der Waals surface area contributed by atoms with Crippen LogP contribution in [0.15, 0.2) is 108 Å². The van der Waals surface area contributed by atoms with Crippen LogP contribution >= 0.6 is 0 Å². The number of rotatable bonds is 2. The minimum Gasteiger partial charge on any atom is -0.456 e. The smallest absolute Gasteiger partial charge is 0.252 e. The molecule has 4 aliphatic rings. The molecule has 0 fully saturated rings. The van der Waals surface area contributed by atoms with Crippen LogP contribution in [-0.4, -0.2) is 6.71 Å². The van der Waals surface area contributed by atoms with Gasteiger partial charge in [-0.15, -0.1) is 0 Å². The van der Waals surface area contributed by atoms with E-state index in [0.717, 1.165) is 23.0 Å². The van der Waals surface area contributed by atoms with Gasteiger partial charge in [-0.3, -0.25) is 0 Å². The van der Waals surface area contributed by atoms with Crippen molar-refractivity contribution in [3.63, 3.8) is 0 Å². The predicted molar refractivity (Wildman–Crippen MR) is 257 cm³/mol. The number of hydrogen-bond donors (Lipinski definition) is 0. The summed E-state index contributed by atoms with van der Waals surface area (Å²) in [5.74, 6) is 0. The highest BCUT2D eigenvalue weighted by Gasteiger charge is 2.49. The summed E-state index contributed by atoms with van der Waals surface area (Å²) in [5.41, 5.74) is 22.2. The number of benzene rings is 6. The van der Waals surface area contributed by atoms with Crippen molar-refractivity contribution in [3.05, 3.63) is 137 Å². The van der Waals surface area contributed by atoms with Crippen LogP contribution in [-0.2, 0) is 27.1 Å². The van der Waals surface area contributed by atoms with Crippen molar-refractivity contribution < 1.29 is 4.42 Å². The lowest BCUT2D eigenvalue weighted by atomic mass is 9.33. The van der Waals surface area contributed by atoms with Crippen LogP contribution < -0.4 is 26.2 Å². The molecule has 60 heavy (non-hydrogen) atoms. The zero-order valence-electron chi connectivity index (χ0n) is 37.8. The molecule has 1 aromatic heterocycles. The normalized spacial score (nSPS) is 18.9. The maximum atomic E-state index is 6.92. The van der Waals surface area contributed by atoms with Crippen molar-refractivity contribution in [2.75, 3.05) is 9.80 Å². The molecule has 0 spiro atoms. The van der Waals surface area contributed by atoms with Crippen LogP contribution in [0, 0.1) is 6.92 Å². The van der Waals surface area contributed by atoms with Crippen molar-refractivity contribution in [1.82, 2.24) is 0 Å². The van der Waals surface area contributed by atoms with Crippen LogP contribution in [0.2, 0.25) is 0 Å². The van der Waals surface area contributed by atoms with Gasteiger partial charge < -0.3 is 14.2 Å². The second kappa shape index (κ2) is 12.0. The highest BCUT2D eigenvalue weighted by atomic mass is 16.3. The Morgan fingerprint density at radius 3 is 1.92 bits per heavy atom. The third kappa shape index (κ3) is 5.15. The topological polar surface area (TPSA) is 19.6 Å². The lowest BCUT2D eigenvalue weighted by Gasteiger charge is -2.46. The molecule has 0 radical (unpaired) electrons. The lowest BCUT2D eigenvalue weighted by Crippen LogP contribution is -2.61. The quantitative estimate of drug-likeness (QED) is 0.163. The number of fused-ring (bicyclic) bond motifs is 9. The van der Waals surface area contributed by atoms with Crippen molar-refractivity contribution in [3.8, 4) is 0 Å². The van der Waals surface area contributed by atoms with E-state index in [1.54, 1.807) is 0 Å². The van der Waals surface area contributed by atoms with E-state index < -0.39 is 0 Å². The second-order valence-corrected chi connectivity index (χ2v) is 22.5. The monoisotopic (exact) mass is 786 g/mol. The van der Waals surface area contributed by atoms with E-state index in [1.165, 1.54) is 102 Å². The van der Waals surface area contributed by atoms with Gasteiger partial charge in [0, 0.05) is 39.4 Å². The minimum atomic E-state index is -0.0998. The Balaban J connectivity index is 1.26. The molecule has 3 nitrogen and oxygen atoms in total. The SMILES string of the molecule is Cc1cc2c3c(c1)N(c1ccc(C(C)(C)C)c4oc5ccccc5c14)c1cc4c(cc1B3c1ccccc1N2c1ccc2c(c1)C(C)(C)CCC2(C)C)C(C)(C)CC4(C)C. The van der Waals surface area contributed by atoms with Gasteiger partial charge >= 0.3 is 0 Å². The van der Waals surface area contributed by atoms with Gasteiger partial charge in [-0.05, 0) is 146 Å². The number of anilines is 6. The fourth-order valence-corrected chi connectivity index (χ4v) is 12.4. The third-order valence-electron chi connectivity index (χ3n) is 15.2. The number of nitrogens with zero attached hydrogens (tertiary/aromatic N) is 2. The number of para-hydroxylation sites is 2. The molecular formula is C56H59BN2O. The summed E-state index contributed by atoms with van der Waals surface area (Å²) >= 11 is 0. The first-order valence-electron chi connectivity index (χ1n) is 22.4. The minimum absolute atomic E-state index is 0.0430. The summed E-state index contributed by atoms with van der Waals surface area (Å²) in [5, 5.41) is 2.35. The Labute approximate surface area is 357 Å². The van der Waals surface area contributed by atoms with Gasteiger partial charge in [-0.1, -0.05) is 131 Å². The molecule has 7 aromatic rings. The van der Waals surface area contributed by atoms with E-state index in [9.17, 15) is 0 Å². The molecule has 3 heterocycles. The molecular weight excluding hydrogens is 727 g/mol. The molecule has 0 atom stereocenters. The van der Waals surface area contributed by atoms with Crippen LogP contribution in [0.5, 0.6) is 0 Å². The Hall–Kier alpha value is -5.22. The molecule has 0 amide bonds. The Kier molecular flexibility index (Phi) is 7.55. The van der Waals surface area contributed by atoms with Crippen LogP contribution in [0.1, 0.15) is 129 Å². The first-order valence-corrected chi connectivity index (χ1v) is 22.4. The van der Waals surface area contributed by atoms with Gasteiger partial charge in [0.2, 0.25) is 0 Å². The predicted octanol–water partition coefficient (Wildman–Crippen LogP) is 13.6. The van der Waals surface area contributed by atoms with Crippen molar-refractivity contribution in [1.29, 1.82) is 0 Å². The fourth-order valence-electron chi connectivity index (χ4n) is 12.4. The van der Waals surface area contributed by atoms with E-state index in [2.05, 4.69) is 196 Å². The highest BCUT2D eigenvalue weighted by molar-refractivity contribution is 7.00. The first-order chi connectivity index (χ1) is 28.3. The molecule has 0 bridgehead atoms. The van der Waals surface area contributed by atoms with Gasteiger partial charge in [-0.25, -0.2) is 0 Å². The van der Waals surface area contributed by atoms with E-state index in [-0.39, 0.29) is 33.8 Å². The van der Waals surface area contributed by atoms with Crippen molar-refractivity contribution >= 4 is 79.2 Å². The molecule has 4 heteroatoms. The summed E-state index contributed by atoms with van der Waals surface area (Å²) in [6.45, 7) is 28.8. The zero-order chi connectivity index (χ0) is 42.1. The summed E-state index contributed by atoms with van der Waals surface area (Å²) < 4.78 is 6.92. The number of aryl methyl sites for hydroxylation is 1. The maximum Gasteiger partial charge on any atom is 0.252 e. The Morgan fingerprint density at radius 1 is 0.550 bits per heavy atom. The molecule has 6 aromatic carbocycles. The molecule has 2 aliphatic heterocycles. The van der Waals surface area contributed by atoms with E-state index in [1.807, 2.05) is 0 Å². The summed E-state index contributed by atoms with van der Waals surface area (Å²) in [4.78, 5) is 5.24. The number of hydrogen-bond acceptors (Lipinski definition) is 3. The van der Waals surface area contributed by atoms with E-state index in [0.29, 0.717) is 0 Å². The third-order valence-corrected chi connectivity index (χ3v) is 15.2. The molecule has 0 saturated carbocycles. The van der Waals surface area contributed by atoms with Crippen molar-refractivity contribution in [2.45, 2.75) is 129 Å². The lowest BCUT2D eigenvalue weighted by molar-refractivity contribution is 0.332. The van der Waals surface area contributed by atoms with Gasteiger partial charge in [-0.2, -0.15) is 0 Å². The molecule has 11 rings (SSSR count). The second-order valence-electron chi connectivity index (χ2n) is 22.5. The molecule has 2 aliphatic carbocycles. The average Bonchev–Trinajstić information content (AvgIpc) is 3.65. The summed E-state index contributed by atoms with van der Waals surface area (Å²) in [6.07, 6.45) is 3.51. The van der Waals surface area contributed by atoms with Gasteiger partial charge in [0.1, 0.15) is 11.2 Å². The Morgan fingerprint density at radius 2 is 1.18 bits per heavy atom. The van der Waals surface area contributed by atoms with E-state index in [4.69, 9.17) is 4.42 Å². The number of furan rings is 1. The highest BCUT2D eigenvalue weighted by Crippen LogP contribution is 2.55. The summed E-state index contributed by atoms with van der Waals surface area (Å²) in [7, 11) is 0. The van der Waals surface area contributed by atoms with Crippen LogP contribution in [0.3, 0.4) is 0 Å². The first kappa shape index (κ1) is 37.8. The molecule has 302 valence electrons. The van der Waals surface area contributed by atoms with E-state index >= 15 is 0 Å². The van der Waals surface area contributed by atoms with Crippen LogP contribution in [0.25, 0.3) is 21.9 Å². The maximum absolute atomic E-state index is 6.92. The molecule has 0 saturated heterocycles. The average molecular weight is 787 g/mol.